The van der Waals surface area contributed by atoms with Crippen LogP contribution in [0.5, 0.6) is 0 Å². The van der Waals surface area contributed by atoms with E-state index in [1.165, 1.54) is 29.3 Å². The van der Waals surface area contributed by atoms with E-state index in [0.29, 0.717) is 22.8 Å². The van der Waals surface area contributed by atoms with E-state index in [2.05, 4.69) is 22.2 Å². The van der Waals surface area contributed by atoms with E-state index in [4.69, 9.17) is 5.84 Å². The van der Waals surface area contributed by atoms with Gasteiger partial charge >= 0.3 is 0 Å². The van der Waals surface area contributed by atoms with Gasteiger partial charge in [-0.1, -0.05) is 18.7 Å². The molecule has 1 aliphatic rings. The third-order valence-corrected chi connectivity index (χ3v) is 5.12. The summed E-state index contributed by atoms with van der Waals surface area (Å²) >= 11 is 1.32. The van der Waals surface area contributed by atoms with Gasteiger partial charge in [0.05, 0.1) is 11.4 Å². The van der Waals surface area contributed by atoms with E-state index in [1.54, 1.807) is 4.68 Å². The van der Waals surface area contributed by atoms with Crippen LogP contribution in [0.4, 0.5) is 0 Å². The monoisotopic (exact) mass is 363 g/mol. The molecular formula is C16H25N7OS. The fourth-order valence-electron chi connectivity index (χ4n) is 2.76. The SMILES string of the molecule is CCCN(CC1CC1)C(=O)CSc1nnc(-n2nc(C)cc2C)n1N. The summed E-state index contributed by atoms with van der Waals surface area (Å²) in [5.41, 5.74) is 1.82. The summed E-state index contributed by atoms with van der Waals surface area (Å²) < 4.78 is 3.05. The number of carbonyl (C=O) groups is 1. The first kappa shape index (κ1) is 17.8. The number of nitrogen functional groups attached to an aromatic ring is 1. The minimum Gasteiger partial charge on any atom is -0.342 e. The van der Waals surface area contributed by atoms with Crippen molar-refractivity contribution in [3.63, 3.8) is 0 Å². The Labute approximate surface area is 151 Å². The lowest BCUT2D eigenvalue weighted by molar-refractivity contribution is -0.128. The molecule has 0 spiro atoms. The molecule has 0 bridgehead atoms. The molecule has 9 heteroatoms. The van der Waals surface area contributed by atoms with Crippen LogP contribution in [0.15, 0.2) is 11.2 Å². The molecule has 136 valence electrons. The van der Waals surface area contributed by atoms with Crippen molar-refractivity contribution in [3.05, 3.63) is 17.5 Å². The number of hydrogen-bond donors (Lipinski definition) is 1. The highest BCUT2D eigenvalue weighted by Gasteiger charge is 2.26. The van der Waals surface area contributed by atoms with Gasteiger partial charge in [0.1, 0.15) is 0 Å². The molecule has 8 nitrogen and oxygen atoms in total. The Kier molecular flexibility index (Phi) is 5.31. The Morgan fingerprint density at radius 2 is 2.16 bits per heavy atom. The Morgan fingerprint density at radius 1 is 1.40 bits per heavy atom. The van der Waals surface area contributed by atoms with Gasteiger partial charge in [-0.15, -0.1) is 10.2 Å². The normalized spacial score (nSPS) is 14.0. The summed E-state index contributed by atoms with van der Waals surface area (Å²) in [5, 5.41) is 13.1. The lowest BCUT2D eigenvalue weighted by Gasteiger charge is -2.21. The van der Waals surface area contributed by atoms with Gasteiger partial charge in [0.15, 0.2) is 0 Å². The molecule has 1 fully saturated rings. The fourth-order valence-corrected chi connectivity index (χ4v) is 3.52. The van der Waals surface area contributed by atoms with Crippen LogP contribution < -0.4 is 5.84 Å². The minimum atomic E-state index is 0.134. The maximum Gasteiger partial charge on any atom is 0.271 e. The third kappa shape index (κ3) is 4.15. The molecule has 0 aromatic carbocycles. The highest BCUT2D eigenvalue weighted by molar-refractivity contribution is 7.99. The Hall–Kier alpha value is -2.03. The van der Waals surface area contributed by atoms with Crippen molar-refractivity contribution in [1.29, 1.82) is 0 Å². The predicted octanol–water partition coefficient (Wildman–Crippen LogP) is 1.54. The molecule has 1 saturated carbocycles. The first-order chi connectivity index (χ1) is 12.0. The van der Waals surface area contributed by atoms with E-state index in [-0.39, 0.29) is 5.91 Å². The Bertz CT molecular complexity index is 750. The van der Waals surface area contributed by atoms with Crippen LogP contribution in [0, 0.1) is 19.8 Å². The van der Waals surface area contributed by atoms with Crippen molar-refractivity contribution in [2.45, 2.75) is 45.2 Å². The maximum absolute atomic E-state index is 12.5. The van der Waals surface area contributed by atoms with Crippen LogP contribution in [0.3, 0.4) is 0 Å². The van der Waals surface area contributed by atoms with E-state index in [0.717, 1.165) is 30.9 Å². The zero-order chi connectivity index (χ0) is 18.0. The number of aromatic nitrogens is 5. The zero-order valence-corrected chi connectivity index (χ0v) is 15.8. The number of aryl methyl sites for hydroxylation is 2. The van der Waals surface area contributed by atoms with E-state index >= 15 is 0 Å². The van der Waals surface area contributed by atoms with Gasteiger partial charge in [-0.2, -0.15) is 5.10 Å². The molecule has 2 aromatic rings. The first-order valence-electron chi connectivity index (χ1n) is 8.64. The van der Waals surface area contributed by atoms with Gasteiger partial charge in [-0.3, -0.25) is 4.79 Å². The summed E-state index contributed by atoms with van der Waals surface area (Å²) in [5.74, 6) is 7.70. The standard InChI is InChI=1S/C16H25N7OS/c1-4-7-21(9-13-5-6-13)14(24)10-25-16-19-18-15(22(16)17)23-12(3)8-11(2)20-23/h8,13H,4-7,9-10,17H2,1-3H3. The molecule has 0 unspecified atom stereocenters. The number of carbonyl (C=O) groups excluding carboxylic acids is 1. The van der Waals surface area contributed by atoms with Crippen molar-refractivity contribution < 1.29 is 4.79 Å². The van der Waals surface area contributed by atoms with E-state index < -0.39 is 0 Å². The van der Waals surface area contributed by atoms with Crippen LogP contribution in [0.1, 0.15) is 37.6 Å². The summed E-state index contributed by atoms with van der Waals surface area (Å²) in [6.07, 6.45) is 3.45. The average Bonchev–Trinajstić information content (AvgIpc) is 3.23. The number of amides is 1. The summed E-state index contributed by atoms with van der Waals surface area (Å²) in [6, 6.07) is 1.95. The smallest absolute Gasteiger partial charge is 0.271 e. The summed E-state index contributed by atoms with van der Waals surface area (Å²) in [7, 11) is 0. The molecule has 3 rings (SSSR count). The van der Waals surface area contributed by atoms with Gasteiger partial charge in [0.2, 0.25) is 11.1 Å². The molecule has 1 aliphatic carbocycles. The van der Waals surface area contributed by atoms with Crippen LogP contribution in [0.25, 0.3) is 5.95 Å². The molecule has 0 aliphatic heterocycles. The van der Waals surface area contributed by atoms with Crippen molar-refractivity contribution >= 4 is 17.7 Å². The molecule has 2 heterocycles. The number of thioether (sulfide) groups is 1. The van der Waals surface area contributed by atoms with E-state index in [9.17, 15) is 4.79 Å². The number of nitrogens with zero attached hydrogens (tertiary/aromatic N) is 6. The van der Waals surface area contributed by atoms with E-state index in [1.807, 2.05) is 24.8 Å². The number of nitrogens with two attached hydrogens (primary N) is 1. The quantitative estimate of drug-likeness (QED) is 0.565. The maximum atomic E-state index is 12.5. The fraction of sp³-hybridized carbons (Fsp3) is 0.625. The second kappa shape index (κ2) is 7.47. The van der Waals surface area contributed by atoms with Gasteiger partial charge < -0.3 is 10.7 Å². The van der Waals surface area contributed by atoms with Crippen molar-refractivity contribution in [2.75, 3.05) is 24.7 Å². The van der Waals surface area contributed by atoms with Gasteiger partial charge in [-0.25, -0.2) is 9.36 Å². The van der Waals surface area contributed by atoms with Gasteiger partial charge in [-0.05, 0) is 45.1 Å². The molecule has 25 heavy (non-hydrogen) atoms. The zero-order valence-electron chi connectivity index (χ0n) is 15.0. The third-order valence-electron chi connectivity index (χ3n) is 4.19. The molecule has 0 radical (unpaired) electrons. The number of hydrogen-bond acceptors (Lipinski definition) is 6. The van der Waals surface area contributed by atoms with Crippen LogP contribution in [0.2, 0.25) is 0 Å². The average molecular weight is 363 g/mol. The molecule has 2 N–H and O–H groups in total. The van der Waals surface area contributed by atoms with Crippen LogP contribution >= 0.6 is 11.8 Å². The summed E-state index contributed by atoms with van der Waals surface area (Å²) in [6.45, 7) is 7.63. The first-order valence-corrected chi connectivity index (χ1v) is 9.62. The van der Waals surface area contributed by atoms with Crippen LogP contribution in [-0.4, -0.2) is 54.3 Å². The Balaban J connectivity index is 1.65. The largest absolute Gasteiger partial charge is 0.342 e. The lowest BCUT2D eigenvalue weighted by atomic mass is 10.3. The van der Waals surface area contributed by atoms with Crippen molar-refractivity contribution in [1.82, 2.24) is 29.6 Å². The van der Waals surface area contributed by atoms with Gasteiger partial charge in [0, 0.05) is 18.8 Å². The topological polar surface area (TPSA) is 94.9 Å². The van der Waals surface area contributed by atoms with Crippen LogP contribution in [-0.2, 0) is 4.79 Å². The molecule has 2 aromatic heterocycles. The second-order valence-corrected chi connectivity index (χ2v) is 7.51. The molecular weight excluding hydrogens is 338 g/mol. The highest BCUT2D eigenvalue weighted by atomic mass is 32.2. The summed E-state index contributed by atoms with van der Waals surface area (Å²) in [4.78, 5) is 14.5. The molecule has 1 amide bonds. The van der Waals surface area contributed by atoms with Gasteiger partial charge in [0.25, 0.3) is 5.95 Å². The predicted molar refractivity (Wildman–Crippen MR) is 97.1 cm³/mol. The Morgan fingerprint density at radius 3 is 2.76 bits per heavy atom. The molecule has 0 saturated heterocycles. The molecule has 0 atom stereocenters. The number of rotatable bonds is 8. The van der Waals surface area contributed by atoms with Crippen molar-refractivity contribution in [3.8, 4) is 5.95 Å². The second-order valence-electron chi connectivity index (χ2n) is 6.56. The lowest BCUT2D eigenvalue weighted by Crippen LogP contribution is -2.35. The minimum absolute atomic E-state index is 0.134. The highest BCUT2D eigenvalue weighted by Crippen LogP contribution is 2.30. The van der Waals surface area contributed by atoms with Crippen molar-refractivity contribution in [2.24, 2.45) is 5.92 Å².